The summed E-state index contributed by atoms with van der Waals surface area (Å²) in [5.41, 5.74) is 1.93. The number of hydrogen-bond donors (Lipinski definition) is 2. The summed E-state index contributed by atoms with van der Waals surface area (Å²) in [6.45, 7) is 0. The summed E-state index contributed by atoms with van der Waals surface area (Å²) in [6, 6.07) is 12.3. The first kappa shape index (κ1) is 17.5. The quantitative estimate of drug-likeness (QED) is 0.542. The number of hydrogen-bond acceptors (Lipinski definition) is 6. The second-order valence-corrected chi connectivity index (χ2v) is 8.50. The molecule has 1 amide bonds. The Kier molecular flexibility index (Phi) is 4.14. The van der Waals surface area contributed by atoms with Gasteiger partial charge in [0.15, 0.2) is 0 Å². The number of nitrogens with two attached hydrogens (primary N) is 1. The Morgan fingerprint density at radius 2 is 1.93 bits per heavy atom. The monoisotopic (exact) mass is 402 g/mol. The van der Waals surface area contributed by atoms with E-state index < -0.39 is 15.9 Å². The first-order valence-electron chi connectivity index (χ1n) is 7.79. The van der Waals surface area contributed by atoms with Crippen molar-refractivity contribution < 1.29 is 22.4 Å². The first-order valence-corrected chi connectivity index (χ1v) is 10.2. The van der Waals surface area contributed by atoms with Crippen molar-refractivity contribution in [2.24, 2.45) is 5.14 Å². The Hall–Kier alpha value is -2.88. The van der Waals surface area contributed by atoms with Crippen molar-refractivity contribution in [2.75, 3.05) is 12.4 Å². The smallest absolute Gasteiger partial charge is 0.256 e. The number of sulfonamides is 1. The topological polar surface area (TPSA) is 112 Å². The zero-order chi connectivity index (χ0) is 19.2. The van der Waals surface area contributed by atoms with Crippen LogP contribution in [0, 0.1) is 0 Å². The van der Waals surface area contributed by atoms with E-state index in [1.807, 2.05) is 24.3 Å². The van der Waals surface area contributed by atoms with E-state index in [0.29, 0.717) is 17.0 Å². The number of benzene rings is 2. The number of nitrogens with one attached hydrogen (secondary N) is 1. The zero-order valence-corrected chi connectivity index (χ0v) is 15.7. The van der Waals surface area contributed by atoms with Gasteiger partial charge in [0.2, 0.25) is 10.0 Å². The van der Waals surface area contributed by atoms with Gasteiger partial charge >= 0.3 is 0 Å². The average Bonchev–Trinajstić information content (AvgIpc) is 3.25. The van der Waals surface area contributed by atoms with E-state index in [2.05, 4.69) is 5.32 Å². The van der Waals surface area contributed by atoms with Crippen LogP contribution < -0.4 is 15.2 Å². The Morgan fingerprint density at radius 1 is 1.15 bits per heavy atom. The Labute approximate surface area is 158 Å². The third-order valence-corrected chi connectivity index (χ3v) is 6.45. The minimum atomic E-state index is -3.85. The molecule has 0 atom stereocenters. The van der Waals surface area contributed by atoms with Gasteiger partial charge in [0.25, 0.3) is 5.91 Å². The molecule has 27 heavy (non-hydrogen) atoms. The average molecular weight is 402 g/mol. The number of ether oxygens (including phenoxy) is 1. The fourth-order valence-electron chi connectivity index (χ4n) is 2.80. The number of fused-ring (bicyclic) bond motifs is 3. The lowest BCUT2D eigenvalue weighted by Crippen LogP contribution is -2.13. The molecule has 7 nitrogen and oxygen atoms in total. The maximum atomic E-state index is 12.5. The Morgan fingerprint density at radius 3 is 2.63 bits per heavy atom. The third-order valence-electron chi connectivity index (χ3n) is 4.07. The van der Waals surface area contributed by atoms with Crippen LogP contribution in [-0.2, 0) is 10.0 Å². The van der Waals surface area contributed by atoms with Crippen LogP contribution in [0.2, 0.25) is 0 Å². The highest BCUT2D eigenvalue weighted by Gasteiger charge is 2.18. The van der Waals surface area contributed by atoms with E-state index >= 15 is 0 Å². The molecule has 0 aliphatic rings. The van der Waals surface area contributed by atoms with Crippen LogP contribution in [0.3, 0.4) is 0 Å². The summed E-state index contributed by atoms with van der Waals surface area (Å²) >= 11 is 0.887. The predicted octanol–water partition coefficient (Wildman–Crippen LogP) is 3.56. The lowest BCUT2D eigenvalue weighted by atomic mass is 10.1. The van der Waals surface area contributed by atoms with Crippen LogP contribution >= 0.6 is 11.3 Å². The van der Waals surface area contributed by atoms with Crippen molar-refractivity contribution >= 4 is 54.9 Å². The standard InChI is InChI=1S/C18H14N2O5S2/c1-24-16-7-12-11-4-2-3-5-14(11)25-15(12)8-13(16)20-18(21)10-6-17(26-9-10)27(19,22)23/h2-9H,1H3,(H,20,21)(H2,19,22,23). The van der Waals surface area contributed by atoms with Gasteiger partial charge in [-0.25, -0.2) is 13.6 Å². The predicted molar refractivity (Wildman–Crippen MR) is 104 cm³/mol. The van der Waals surface area contributed by atoms with E-state index in [1.54, 1.807) is 12.1 Å². The van der Waals surface area contributed by atoms with Gasteiger partial charge in [0, 0.05) is 22.2 Å². The van der Waals surface area contributed by atoms with Gasteiger partial charge in [-0.05, 0) is 18.2 Å². The Balaban J connectivity index is 1.73. The van der Waals surface area contributed by atoms with Crippen LogP contribution in [-0.4, -0.2) is 21.4 Å². The molecule has 9 heteroatoms. The van der Waals surface area contributed by atoms with Gasteiger partial charge in [-0.1, -0.05) is 18.2 Å². The normalized spacial score (nSPS) is 11.8. The highest BCUT2D eigenvalue weighted by Crippen LogP contribution is 2.36. The molecular weight excluding hydrogens is 388 g/mol. The molecule has 0 spiro atoms. The number of amides is 1. The summed E-state index contributed by atoms with van der Waals surface area (Å²) in [5, 5.41) is 11.1. The van der Waals surface area contributed by atoms with Gasteiger partial charge in [0.1, 0.15) is 21.1 Å². The van der Waals surface area contributed by atoms with Gasteiger partial charge in [-0.3, -0.25) is 4.79 Å². The van der Waals surface area contributed by atoms with E-state index in [1.165, 1.54) is 18.6 Å². The molecule has 2 aromatic heterocycles. The third kappa shape index (κ3) is 3.16. The molecule has 0 radical (unpaired) electrons. The number of carbonyl (C=O) groups excluding carboxylic acids is 1. The number of carbonyl (C=O) groups is 1. The lowest BCUT2D eigenvalue weighted by Gasteiger charge is -2.09. The molecule has 0 saturated heterocycles. The SMILES string of the molecule is COc1cc2c(cc1NC(=O)c1csc(S(N)(=O)=O)c1)oc1ccccc12. The highest BCUT2D eigenvalue weighted by atomic mass is 32.2. The van der Waals surface area contributed by atoms with Crippen LogP contribution in [0.25, 0.3) is 21.9 Å². The van der Waals surface area contributed by atoms with Crippen LogP contribution in [0.4, 0.5) is 5.69 Å². The maximum absolute atomic E-state index is 12.5. The molecule has 3 N–H and O–H groups in total. The molecule has 0 fully saturated rings. The van der Waals surface area contributed by atoms with Crippen LogP contribution in [0.1, 0.15) is 10.4 Å². The second kappa shape index (κ2) is 6.38. The molecule has 4 rings (SSSR count). The largest absolute Gasteiger partial charge is 0.495 e. The lowest BCUT2D eigenvalue weighted by molar-refractivity contribution is 0.102. The van der Waals surface area contributed by atoms with Crippen molar-refractivity contribution in [2.45, 2.75) is 4.21 Å². The van der Waals surface area contributed by atoms with Gasteiger partial charge < -0.3 is 14.5 Å². The summed E-state index contributed by atoms with van der Waals surface area (Å²) in [5.74, 6) is -0.0146. The summed E-state index contributed by atoms with van der Waals surface area (Å²) in [6.07, 6.45) is 0. The minimum absolute atomic E-state index is 0.0765. The van der Waals surface area contributed by atoms with E-state index in [0.717, 1.165) is 27.7 Å². The maximum Gasteiger partial charge on any atom is 0.256 e. The molecule has 4 aromatic rings. The summed E-state index contributed by atoms with van der Waals surface area (Å²) in [4.78, 5) is 12.5. The Bertz CT molecular complexity index is 1290. The van der Waals surface area contributed by atoms with Gasteiger partial charge in [0.05, 0.1) is 18.4 Å². The summed E-state index contributed by atoms with van der Waals surface area (Å²) < 4.78 is 33.9. The molecule has 2 heterocycles. The fourth-order valence-corrected chi connectivity index (χ4v) is 4.38. The van der Waals surface area contributed by atoms with Crippen molar-refractivity contribution in [1.29, 1.82) is 0 Å². The molecule has 2 aromatic carbocycles. The second-order valence-electron chi connectivity index (χ2n) is 5.80. The molecule has 0 saturated carbocycles. The number of methoxy groups -OCH3 is 1. The molecular formula is C18H14N2O5S2. The van der Waals surface area contributed by atoms with Gasteiger partial charge in [-0.15, -0.1) is 11.3 Å². The molecule has 0 aliphatic heterocycles. The molecule has 0 bridgehead atoms. The number of thiophene rings is 1. The zero-order valence-electron chi connectivity index (χ0n) is 14.1. The van der Waals surface area contributed by atoms with Crippen molar-refractivity contribution in [3.63, 3.8) is 0 Å². The number of anilines is 1. The van der Waals surface area contributed by atoms with E-state index in [4.69, 9.17) is 14.3 Å². The van der Waals surface area contributed by atoms with Gasteiger partial charge in [-0.2, -0.15) is 0 Å². The van der Waals surface area contributed by atoms with Crippen molar-refractivity contribution in [3.8, 4) is 5.75 Å². The van der Waals surface area contributed by atoms with Crippen LogP contribution in [0.15, 0.2) is 56.5 Å². The molecule has 138 valence electrons. The van der Waals surface area contributed by atoms with Crippen molar-refractivity contribution in [1.82, 2.24) is 0 Å². The fraction of sp³-hybridized carbons (Fsp3) is 0.0556. The molecule has 0 aliphatic carbocycles. The number of rotatable bonds is 4. The van der Waals surface area contributed by atoms with Crippen LogP contribution in [0.5, 0.6) is 5.75 Å². The first-order chi connectivity index (χ1) is 12.9. The highest BCUT2D eigenvalue weighted by molar-refractivity contribution is 7.91. The van der Waals surface area contributed by atoms with E-state index in [9.17, 15) is 13.2 Å². The molecule has 0 unspecified atom stereocenters. The van der Waals surface area contributed by atoms with E-state index in [-0.39, 0.29) is 9.77 Å². The summed E-state index contributed by atoms with van der Waals surface area (Å²) in [7, 11) is -2.34. The minimum Gasteiger partial charge on any atom is -0.495 e. The number of furan rings is 1. The number of primary sulfonamides is 1. The van der Waals surface area contributed by atoms with Crippen molar-refractivity contribution in [3.05, 3.63) is 53.4 Å². The number of para-hydroxylation sites is 1.